The highest BCUT2D eigenvalue weighted by atomic mass is 32.2. The second kappa shape index (κ2) is 5.83. The van der Waals surface area contributed by atoms with E-state index in [-0.39, 0.29) is 6.04 Å². The lowest BCUT2D eigenvalue weighted by Gasteiger charge is -2.17. The Hall–Kier alpha value is -1.21. The van der Waals surface area contributed by atoms with Gasteiger partial charge in [-0.2, -0.15) is 0 Å². The molecule has 1 aromatic heterocycles. The van der Waals surface area contributed by atoms with Crippen molar-refractivity contribution in [3.05, 3.63) is 11.4 Å². The number of nitrogens with one attached hydrogen (secondary N) is 2. The maximum absolute atomic E-state index is 11.2. The normalized spacial score (nSPS) is 17.9. The molecule has 0 saturated heterocycles. The third-order valence-corrected chi connectivity index (χ3v) is 4.08. The molecular weight excluding hydrogens is 262 g/mol. The molecule has 0 amide bonds. The Labute approximate surface area is 116 Å². The van der Waals surface area contributed by atoms with Crippen molar-refractivity contribution >= 4 is 22.4 Å². The maximum Gasteiger partial charge on any atom is 0.148 e. The molecule has 1 fully saturated rings. The average molecular weight is 283 g/mol. The number of rotatable bonds is 6. The van der Waals surface area contributed by atoms with Gasteiger partial charge in [0.15, 0.2) is 0 Å². The number of aromatic nitrogens is 2. The topological polar surface area (TPSA) is 92.9 Å². The summed E-state index contributed by atoms with van der Waals surface area (Å²) in [6, 6.07) is 0.0945. The van der Waals surface area contributed by atoms with Gasteiger partial charge in [-0.3, -0.25) is 4.21 Å². The van der Waals surface area contributed by atoms with E-state index in [9.17, 15) is 4.21 Å². The molecule has 2 rings (SSSR count). The largest absolute Gasteiger partial charge is 0.366 e. The van der Waals surface area contributed by atoms with Crippen molar-refractivity contribution in [2.45, 2.75) is 38.6 Å². The molecule has 7 heteroatoms. The zero-order valence-corrected chi connectivity index (χ0v) is 12.4. The first-order chi connectivity index (χ1) is 9.01. The standard InChI is InChI=1S/C12H21N5OS/c1-7(6-19(3)18)14-10-8(2)11(17-13)16-12(15-10)9-4-5-9/h7,9H,4-6,13H2,1-3H3,(H2,14,15,16,17). The van der Waals surface area contributed by atoms with Crippen LogP contribution in [0.15, 0.2) is 0 Å². The van der Waals surface area contributed by atoms with E-state index in [4.69, 9.17) is 5.84 Å². The molecule has 19 heavy (non-hydrogen) atoms. The second-order valence-corrected chi connectivity index (χ2v) is 6.59. The maximum atomic E-state index is 11.2. The van der Waals surface area contributed by atoms with Gasteiger partial charge in [-0.05, 0) is 26.7 Å². The lowest BCUT2D eigenvalue weighted by molar-refractivity contribution is 0.682. The third-order valence-electron chi connectivity index (χ3n) is 3.11. The molecule has 1 saturated carbocycles. The number of hydrogen-bond acceptors (Lipinski definition) is 6. The van der Waals surface area contributed by atoms with Crippen LogP contribution in [0.25, 0.3) is 0 Å². The minimum atomic E-state index is -0.831. The van der Waals surface area contributed by atoms with Gasteiger partial charge in [0.2, 0.25) is 0 Å². The first kappa shape index (κ1) is 14.2. The highest BCUT2D eigenvalue weighted by molar-refractivity contribution is 7.84. The van der Waals surface area contributed by atoms with E-state index in [1.54, 1.807) is 6.26 Å². The van der Waals surface area contributed by atoms with Gasteiger partial charge < -0.3 is 10.7 Å². The van der Waals surface area contributed by atoms with Gasteiger partial charge >= 0.3 is 0 Å². The fraction of sp³-hybridized carbons (Fsp3) is 0.667. The SMILES string of the molecule is Cc1c(NN)nc(C2CC2)nc1NC(C)CS(C)=O. The lowest BCUT2D eigenvalue weighted by Crippen LogP contribution is -2.24. The summed E-state index contributed by atoms with van der Waals surface area (Å²) in [5, 5.41) is 3.30. The van der Waals surface area contributed by atoms with Gasteiger partial charge in [-0.15, -0.1) is 0 Å². The Morgan fingerprint density at radius 1 is 1.42 bits per heavy atom. The molecule has 1 aromatic rings. The second-order valence-electron chi connectivity index (χ2n) is 5.11. The summed E-state index contributed by atoms with van der Waals surface area (Å²) in [5.41, 5.74) is 3.51. The third kappa shape index (κ3) is 3.63. The summed E-state index contributed by atoms with van der Waals surface area (Å²) in [6.07, 6.45) is 3.98. The van der Waals surface area contributed by atoms with Gasteiger partial charge in [-0.25, -0.2) is 15.8 Å². The fourth-order valence-corrected chi connectivity index (χ4v) is 2.75. The van der Waals surface area contributed by atoms with Crippen molar-refractivity contribution in [2.24, 2.45) is 5.84 Å². The minimum absolute atomic E-state index is 0.0945. The Morgan fingerprint density at radius 3 is 2.58 bits per heavy atom. The molecule has 1 aliphatic carbocycles. The molecular formula is C12H21N5OS. The summed E-state index contributed by atoms with van der Waals surface area (Å²) in [7, 11) is -0.831. The zero-order chi connectivity index (χ0) is 14.0. The van der Waals surface area contributed by atoms with E-state index in [1.807, 2.05) is 13.8 Å². The Balaban J connectivity index is 2.22. The molecule has 0 aromatic carbocycles. The van der Waals surface area contributed by atoms with Crippen LogP contribution in [-0.2, 0) is 10.8 Å². The first-order valence-corrected chi connectivity index (χ1v) is 8.15. The summed E-state index contributed by atoms with van der Waals surface area (Å²) in [4.78, 5) is 9.01. The Kier molecular flexibility index (Phi) is 4.36. The fourth-order valence-electron chi connectivity index (χ4n) is 1.97. The van der Waals surface area contributed by atoms with E-state index in [0.29, 0.717) is 17.5 Å². The van der Waals surface area contributed by atoms with Crippen molar-refractivity contribution in [1.82, 2.24) is 9.97 Å². The summed E-state index contributed by atoms with van der Waals surface area (Å²) < 4.78 is 11.2. The van der Waals surface area contributed by atoms with Crippen LogP contribution in [0.5, 0.6) is 0 Å². The lowest BCUT2D eigenvalue weighted by atomic mass is 10.2. The summed E-state index contributed by atoms with van der Waals surface area (Å²) in [5.74, 6) is 8.83. The molecule has 1 heterocycles. The van der Waals surface area contributed by atoms with Crippen LogP contribution in [0.2, 0.25) is 0 Å². The van der Waals surface area contributed by atoms with Crippen LogP contribution in [-0.4, -0.2) is 32.2 Å². The number of hydrogen-bond donors (Lipinski definition) is 3. The highest BCUT2D eigenvalue weighted by Gasteiger charge is 2.28. The van der Waals surface area contributed by atoms with Gasteiger partial charge in [0.05, 0.1) is 0 Å². The van der Waals surface area contributed by atoms with E-state index < -0.39 is 10.8 Å². The number of nitrogen functional groups attached to an aromatic ring is 1. The van der Waals surface area contributed by atoms with Crippen molar-refractivity contribution < 1.29 is 4.21 Å². The predicted molar refractivity (Wildman–Crippen MR) is 78.6 cm³/mol. The van der Waals surface area contributed by atoms with Crippen LogP contribution in [0, 0.1) is 6.92 Å². The van der Waals surface area contributed by atoms with E-state index >= 15 is 0 Å². The summed E-state index contributed by atoms with van der Waals surface area (Å²) in [6.45, 7) is 3.92. The van der Waals surface area contributed by atoms with Crippen LogP contribution in [0.4, 0.5) is 11.6 Å². The molecule has 0 aliphatic heterocycles. The molecule has 0 bridgehead atoms. The van der Waals surface area contributed by atoms with E-state index in [2.05, 4.69) is 20.7 Å². The molecule has 4 N–H and O–H groups in total. The quantitative estimate of drug-likeness (QED) is 0.535. The van der Waals surface area contributed by atoms with Crippen LogP contribution >= 0.6 is 0 Å². The molecule has 1 aliphatic rings. The Bertz CT molecular complexity index is 489. The smallest absolute Gasteiger partial charge is 0.148 e. The van der Waals surface area contributed by atoms with Gasteiger partial charge in [0.25, 0.3) is 0 Å². The van der Waals surface area contributed by atoms with Crippen LogP contribution < -0.4 is 16.6 Å². The number of anilines is 2. The highest BCUT2D eigenvalue weighted by Crippen LogP contribution is 2.39. The number of hydrazine groups is 1. The Morgan fingerprint density at radius 2 is 2.05 bits per heavy atom. The molecule has 106 valence electrons. The van der Waals surface area contributed by atoms with Gasteiger partial charge in [0, 0.05) is 40.3 Å². The van der Waals surface area contributed by atoms with Crippen LogP contribution in [0.3, 0.4) is 0 Å². The predicted octanol–water partition coefficient (Wildman–Crippen LogP) is 1.13. The van der Waals surface area contributed by atoms with Crippen molar-refractivity contribution in [1.29, 1.82) is 0 Å². The zero-order valence-electron chi connectivity index (χ0n) is 11.6. The van der Waals surface area contributed by atoms with Gasteiger partial charge in [-0.1, -0.05) is 0 Å². The number of nitrogens with zero attached hydrogens (tertiary/aromatic N) is 2. The molecule has 0 radical (unpaired) electrons. The average Bonchev–Trinajstić information content (AvgIpc) is 3.14. The van der Waals surface area contributed by atoms with E-state index in [0.717, 1.165) is 30.0 Å². The van der Waals surface area contributed by atoms with Gasteiger partial charge in [0.1, 0.15) is 17.5 Å². The molecule has 2 unspecified atom stereocenters. The monoisotopic (exact) mass is 283 g/mol. The van der Waals surface area contributed by atoms with E-state index in [1.165, 1.54) is 0 Å². The minimum Gasteiger partial charge on any atom is -0.366 e. The summed E-state index contributed by atoms with van der Waals surface area (Å²) >= 11 is 0. The molecule has 0 spiro atoms. The molecule has 6 nitrogen and oxygen atoms in total. The van der Waals surface area contributed by atoms with Crippen molar-refractivity contribution in [3.8, 4) is 0 Å². The first-order valence-electron chi connectivity index (χ1n) is 6.43. The van der Waals surface area contributed by atoms with Crippen molar-refractivity contribution in [2.75, 3.05) is 22.8 Å². The van der Waals surface area contributed by atoms with Crippen molar-refractivity contribution in [3.63, 3.8) is 0 Å². The van der Waals surface area contributed by atoms with Crippen LogP contribution in [0.1, 0.15) is 37.1 Å². The molecule has 2 atom stereocenters. The number of nitrogens with two attached hydrogens (primary N) is 1.